The van der Waals surface area contributed by atoms with Gasteiger partial charge in [0.1, 0.15) is 0 Å². The number of carboxylic acid groups (broad SMARTS) is 1. The van der Waals surface area contributed by atoms with Gasteiger partial charge in [-0.05, 0) is 32.2 Å². The first-order chi connectivity index (χ1) is 8.00. The SMILES string of the molecule is CC(C)CN1C(C)CCNCC1CCC(=O)O. The van der Waals surface area contributed by atoms with Gasteiger partial charge in [-0.15, -0.1) is 0 Å². The van der Waals surface area contributed by atoms with Crippen LogP contribution in [0.1, 0.15) is 40.0 Å². The lowest BCUT2D eigenvalue weighted by molar-refractivity contribution is -0.137. The first kappa shape index (κ1) is 14.5. The van der Waals surface area contributed by atoms with E-state index in [1.54, 1.807) is 0 Å². The predicted octanol–water partition coefficient (Wildman–Crippen LogP) is 1.56. The molecule has 0 aromatic rings. The van der Waals surface area contributed by atoms with E-state index in [9.17, 15) is 4.79 Å². The summed E-state index contributed by atoms with van der Waals surface area (Å²) in [4.78, 5) is 13.2. The van der Waals surface area contributed by atoms with Crippen LogP contribution in [0, 0.1) is 5.92 Å². The zero-order valence-corrected chi connectivity index (χ0v) is 11.3. The van der Waals surface area contributed by atoms with E-state index in [1.165, 1.54) is 0 Å². The van der Waals surface area contributed by atoms with Gasteiger partial charge in [-0.3, -0.25) is 9.69 Å². The van der Waals surface area contributed by atoms with Gasteiger partial charge < -0.3 is 10.4 Å². The molecule has 1 saturated heterocycles. The zero-order chi connectivity index (χ0) is 12.8. The minimum Gasteiger partial charge on any atom is -0.481 e. The maximum absolute atomic E-state index is 10.7. The van der Waals surface area contributed by atoms with Crippen molar-refractivity contribution in [3.8, 4) is 0 Å². The second-order valence-electron chi connectivity index (χ2n) is 5.52. The van der Waals surface area contributed by atoms with Crippen molar-refractivity contribution in [2.45, 2.75) is 52.1 Å². The Morgan fingerprint density at radius 3 is 2.82 bits per heavy atom. The summed E-state index contributed by atoms with van der Waals surface area (Å²) in [5, 5.41) is 12.2. The van der Waals surface area contributed by atoms with Gasteiger partial charge in [-0.2, -0.15) is 0 Å². The monoisotopic (exact) mass is 242 g/mol. The maximum Gasteiger partial charge on any atom is 0.303 e. The van der Waals surface area contributed by atoms with Crippen LogP contribution in [0.5, 0.6) is 0 Å². The van der Waals surface area contributed by atoms with Crippen molar-refractivity contribution in [2.24, 2.45) is 5.92 Å². The van der Waals surface area contributed by atoms with Crippen molar-refractivity contribution >= 4 is 5.97 Å². The summed E-state index contributed by atoms with van der Waals surface area (Å²) >= 11 is 0. The lowest BCUT2D eigenvalue weighted by Crippen LogP contribution is -2.45. The molecule has 0 aromatic heterocycles. The highest BCUT2D eigenvalue weighted by atomic mass is 16.4. The summed E-state index contributed by atoms with van der Waals surface area (Å²) in [6.45, 7) is 9.72. The molecule has 17 heavy (non-hydrogen) atoms. The second-order valence-corrected chi connectivity index (χ2v) is 5.52. The van der Waals surface area contributed by atoms with Gasteiger partial charge in [-0.25, -0.2) is 0 Å². The molecule has 0 bridgehead atoms. The molecule has 100 valence electrons. The first-order valence-electron chi connectivity index (χ1n) is 6.69. The third-order valence-electron chi connectivity index (χ3n) is 3.42. The highest BCUT2D eigenvalue weighted by Crippen LogP contribution is 2.17. The molecule has 0 saturated carbocycles. The molecule has 2 N–H and O–H groups in total. The molecule has 2 atom stereocenters. The van der Waals surface area contributed by atoms with Crippen LogP contribution in [0.4, 0.5) is 0 Å². The predicted molar refractivity (Wildman–Crippen MR) is 69.2 cm³/mol. The fraction of sp³-hybridized carbons (Fsp3) is 0.923. The van der Waals surface area contributed by atoms with Crippen LogP contribution < -0.4 is 5.32 Å². The number of carboxylic acids is 1. The summed E-state index contributed by atoms with van der Waals surface area (Å²) in [6.07, 6.45) is 2.17. The largest absolute Gasteiger partial charge is 0.481 e. The zero-order valence-electron chi connectivity index (χ0n) is 11.3. The molecule has 0 aromatic carbocycles. The highest BCUT2D eigenvalue weighted by Gasteiger charge is 2.26. The number of hydrogen-bond donors (Lipinski definition) is 2. The Hall–Kier alpha value is -0.610. The van der Waals surface area contributed by atoms with Crippen molar-refractivity contribution in [1.82, 2.24) is 10.2 Å². The lowest BCUT2D eigenvalue weighted by Gasteiger charge is -2.35. The van der Waals surface area contributed by atoms with E-state index >= 15 is 0 Å². The van der Waals surface area contributed by atoms with Gasteiger partial charge in [0.05, 0.1) is 0 Å². The number of rotatable bonds is 5. The number of carbonyl (C=O) groups is 1. The van der Waals surface area contributed by atoms with E-state index in [1.807, 2.05) is 0 Å². The maximum atomic E-state index is 10.7. The minimum absolute atomic E-state index is 0.271. The van der Waals surface area contributed by atoms with E-state index in [2.05, 4.69) is 31.0 Å². The van der Waals surface area contributed by atoms with Crippen molar-refractivity contribution in [2.75, 3.05) is 19.6 Å². The van der Waals surface area contributed by atoms with E-state index in [4.69, 9.17) is 5.11 Å². The lowest BCUT2D eigenvalue weighted by atomic mass is 10.0. The van der Waals surface area contributed by atoms with Crippen LogP contribution in [-0.4, -0.2) is 47.7 Å². The van der Waals surface area contributed by atoms with Crippen molar-refractivity contribution < 1.29 is 9.90 Å². The van der Waals surface area contributed by atoms with Gasteiger partial charge in [0.15, 0.2) is 0 Å². The van der Waals surface area contributed by atoms with E-state index in [-0.39, 0.29) is 6.42 Å². The Morgan fingerprint density at radius 1 is 1.53 bits per heavy atom. The summed E-state index contributed by atoms with van der Waals surface area (Å²) < 4.78 is 0. The van der Waals surface area contributed by atoms with Crippen LogP contribution in [-0.2, 0) is 4.79 Å². The van der Waals surface area contributed by atoms with Crippen LogP contribution in [0.15, 0.2) is 0 Å². The van der Waals surface area contributed by atoms with E-state index in [0.29, 0.717) is 18.0 Å². The molecular weight excluding hydrogens is 216 g/mol. The molecule has 0 spiro atoms. The third kappa shape index (κ3) is 5.04. The molecule has 0 amide bonds. The third-order valence-corrected chi connectivity index (χ3v) is 3.42. The fourth-order valence-electron chi connectivity index (χ4n) is 2.53. The molecular formula is C13H26N2O2. The number of hydrogen-bond acceptors (Lipinski definition) is 3. The molecule has 4 heteroatoms. The van der Waals surface area contributed by atoms with Gasteiger partial charge in [0.2, 0.25) is 0 Å². The van der Waals surface area contributed by atoms with Gasteiger partial charge in [-0.1, -0.05) is 13.8 Å². The summed E-state index contributed by atoms with van der Waals surface area (Å²) in [5.41, 5.74) is 0. The fourth-order valence-corrected chi connectivity index (χ4v) is 2.53. The highest BCUT2D eigenvalue weighted by molar-refractivity contribution is 5.66. The number of aliphatic carboxylic acids is 1. The average molecular weight is 242 g/mol. The molecule has 0 aliphatic carbocycles. The number of nitrogens with zero attached hydrogens (tertiary/aromatic N) is 1. The van der Waals surface area contributed by atoms with Crippen molar-refractivity contribution in [3.63, 3.8) is 0 Å². The van der Waals surface area contributed by atoms with Crippen LogP contribution >= 0.6 is 0 Å². The van der Waals surface area contributed by atoms with Crippen LogP contribution in [0.25, 0.3) is 0 Å². The average Bonchev–Trinajstić information content (AvgIpc) is 2.39. The summed E-state index contributed by atoms with van der Waals surface area (Å²) in [6, 6.07) is 0.914. The normalized spacial score (nSPS) is 27.1. The molecule has 0 radical (unpaired) electrons. The van der Waals surface area contributed by atoms with Crippen molar-refractivity contribution in [1.29, 1.82) is 0 Å². The van der Waals surface area contributed by atoms with Crippen molar-refractivity contribution in [3.05, 3.63) is 0 Å². The van der Waals surface area contributed by atoms with Crippen LogP contribution in [0.3, 0.4) is 0 Å². The van der Waals surface area contributed by atoms with Crippen LogP contribution in [0.2, 0.25) is 0 Å². The summed E-state index contributed by atoms with van der Waals surface area (Å²) in [5.74, 6) is -0.0609. The van der Waals surface area contributed by atoms with Gasteiger partial charge in [0.25, 0.3) is 0 Å². The summed E-state index contributed by atoms with van der Waals surface area (Å²) in [7, 11) is 0. The molecule has 1 rings (SSSR count). The van der Waals surface area contributed by atoms with Gasteiger partial charge in [0, 0.05) is 31.6 Å². The Labute approximate surface area is 104 Å². The topological polar surface area (TPSA) is 52.6 Å². The Kier molecular flexibility index (Phi) is 5.92. The Bertz CT molecular complexity index is 244. The molecule has 4 nitrogen and oxygen atoms in total. The van der Waals surface area contributed by atoms with Gasteiger partial charge >= 0.3 is 5.97 Å². The molecule has 1 aliphatic rings. The van der Waals surface area contributed by atoms with E-state index < -0.39 is 5.97 Å². The molecule has 1 aliphatic heterocycles. The quantitative estimate of drug-likeness (QED) is 0.768. The molecule has 1 heterocycles. The second kappa shape index (κ2) is 6.97. The number of nitrogens with one attached hydrogen (secondary N) is 1. The Balaban J connectivity index is 2.61. The standard InChI is InChI=1S/C13H26N2O2/c1-10(2)9-15-11(3)6-7-14-8-12(15)4-5-13(16)17/h10-12,14H,4-9H2,1-3H3,(H,16,17). The van der Waals surface area contributed by atoms with E-state index in [0.717, 1.165) is 32.5 Å². The first-order valence-corrected chi connectivity index (χ1v) is 6.69. The minimum atomic E-state index is -0.689. The molecule has 2 unspecified atom stereocenters. The molecule has 1 fully saturated rings. The Morgan fingerprint density at radius 2 is 2.24 bits per heavy atom. The smallest absolute Gasteiger partial charge is 0.303 e.